The van der Waals surface area contributed by atoms with Crippen LogP contribution in [0.4, 0.5) is 0 Å². The summed E-state index contributed by atoms with van der Waals surface area (Å²) < 4.78 is 21.3. The highest BCUT2D eigenvalue weighted by molar-refractivity contribution is 6.32. The van der Waals surface area contributed by atoms with Gasteiger partial charge in [0.1, 0.15) is 0 Å². The highest BCUT2D eigenvalue weighted by Crippen LogP contribution is 2.42. The van der Waals surface area contributed by atoms with E-state index in [9.17, 15) is 4.79 Å². The number of benzene rings is 1. The minimum Gasteiger partial charge on any atom is -0.493 e. The molecule has 0 unspecified atom stereocenters. The van der Waals surface area contributed by atoms with E-state index in [1.807, 2.05) is 0 Å². The standard InChI is InChI=1S/C18H20ClNO5/c1-9-11(7-13(22-3)17(24-5)16(9)23-4)15(21)14-10(2)12(19)8-20-18(14)25-6/h7-8H,1-6H3. The molecule has 0 aliphatic heterocycles. The van der Waals surface area contributed by atoms with Gasteiger partial charge in [0.05, 0.1) is 39.0 Å². The fourth-order valence-electron chi connectivity index (χ4n) is 2.65. The number of pyridine rings is 1. The Morgan fingerprint density at radius 3 is 2.12 bits per heavy atom. The average Bonchev–Trinajstić information content (AvgIpc) is 2.62. The molecular formula is C18H20ClNO5. The van der Waals surface area contributed by atoms with Crippen LogP contribution in [0.1, 0.15) is 27.0 Å². The zero-order valence-corrected chi connectivity index (χ0v) is 15.8. The number of hydrogen-bond acceptors (Lipinski definition) is 6. The molecule has 0 saturated carbocycles. The van der Waals surface area contributed by atoms with Crippen LogP contribution in [0.2, 0.25) is 5.02 Å². The van der Waals surface area contributed by atoms with E-state index in [-0.39, 0.29) is 11.7 Å². The lowest BCUT2D eigenvalue weighted by Gasteiger charge is -2.18. The first kappa shape index (κ1) is 18.9. The minimum atomic E-state index is -0.291. The number of carbonyl (C=O) groups is 1. The summed E-state index contributed by atoms with van der Waals surface area (Å²) in [6, 6.07) is 1.61. The number of halogens is 1. The molecule has 2 aromatic rings. The number of methoxy groups -OCH3 is 4. The van der Waals surface area contributed by atoms with E-state index in [4.69, 9.17) is 30.5 Å². The summed E-state index contributed by atoms with van der Waals surface area (Å²) in [6.07, 6.45) is 1.45. The third-order valence-corrected chi connectivity index (χ3v) is 4.37. The van der Waals surface area contributed by atoms with Gasteiger partial charge in [0.25, 0.3) is 0 Å². The summed E-state index contributed by atoms with van der Waals surface area (Å²) >= 11 is 6.14. The van der Waals surface area contributed by atoms with Crippen molar-refractivity contribution in [3.63, 3.8) is 0 Å². The van der Waals surface area contributed by atoms with E-state index in [0.29, 0.717) is 44.5 Å². The summed E-state index contributed by atoms with van der Waals surface area (Å²) in [5.74, 6) is 1.16. The molecule has 0 N–H and O–H groups in total. The molecule has 1 heterocycles. The second-order valence-corrected chi connectivity index (χ2v) is 5.67. The molecule has 134 valence electrons. The average molecular weight is 366 g/mol. The number of ether oxygens (including phenoxy) is 4. The van der Waals surface area contributed by atoms with Crippen molar-refractivity contribution in [3.05, 3.63) is 39.5 Å². The Bertz CT molecular complexity index is 820. The lowest BCUT2D eigenvalue weighted by Crippen LogP contribution is -2.11. The van der Waals surface area contributed by atoms with E-state index in [1.165, 1.54) is 34.6 Å². The highest BCUT2D eigenvalue weighted by Gasteiger charge is 2.26. The number of ketones is 1. The predicted molar refractivity (Wildman–Crippen MR) is 94.8 cm³/mol. The van der Waals surface area contributed by atoms with Gasteiger partial charge in [-0.2, -0.15) is 0 Å². The Balaban J connectivity index is 2.75. The minimum absolute atomic E-state index is 0.208. The molecule has 7 heteroatoms. The molecule has 0 fully saturated rings. The Morgan fingerprint density at radius 1 is 0.960 bits per heavy atom. The van der Waals surface area contributed by atoms with Crippen molar-refractivity contribution in [2.24, 2.45) is 0 Å². The van der Waals surface area contributed by atoms with Gasteiger partial charge >= 0.3 is 0 Å². The van der Waals surface area contributed by atoms with Crippen molar-refractivity contribution in [2.45, 2.75) is 13.8 Å². The number of nitrogens with zero attached hydrogens (tertiary/aromatic N) is 1. The molecule has 0 aliphatic rings. The van der Waals surface area contributed by atoms with Crippen LogP contribution in [-0.4, -0.2) is 39.2 Å². The SMILES string of the molecule is COc1cc(C(=O)c2c(OC)ncc(Cl)c2C)c(C)c(OC)c1OC. The maximum absolute atomic E-state index is 13.2. The first-order valence-corrected chi connectivity index (χ1v) is 7.82. The van der Waals surface area contributed by atoms with E-state index in [1.54, 1.807) is 19.9 Å². The quantitative estimate of drug-likeness (QED) is 0.728. The highest BCUT2D eigenvalue weighted by atomic mass is 35.5. The van der Waals surface area contributed by atoms with Crippen molar-refractivity contribution >= 4 is 17.4 Å². The molecule has 0 saturated heterocycles. The fourth-order valence-corrected chi connectivity index (χ4v) is 2.79. The van der Waals surface area contributed by atoms with Crippen LogP contribution in [-0.2, 0) is 0 Å². The monoisotopic (exact) mass is 365 g/mol. The maximum atomic E-state index is 13.2. The van der Waals surface area contributed by atoms with Crippen LogP contribution < -0.4 is 18.9 Å². The van der Waals surface area contributed by atoms with Crippen molar-refractivity contribution in [2.75, 3.05) is 28.4 Å². The van der Waals surface area contributed by atoms with Gasteiger partial charge in [-0.05, 0) is 25.5 Å². The zero-order valence-electron chi connectivity index (χ0n) is 15.0. The van der Waals surface area contributed by atoms with Crippen molar-refractivity contribution in [1.29, 1.82) is 0 Å². The predicted octanol–water partition coefficient (Wildman–Crippen LogP) is 3.62. The molecule has 0 bridgehead atoms. The molecule has 0 atom stereocenters. The van der Waals surface area contributed by atoms with E-state index < -0.39 is 0 Å². The first-order valence-electron chi connectivity index (χ1n) is 7.44. The summed E-state index contributed by atoms with van der Waals surface area (Å²) in [7, 11) is 5.96. The van der Waals surface area contributed by atoms with Gasteiger partial charge in [-0.25, -0.2) is 4.98 Å². The molecule has 1 aromatic heterocycles. The van der Waals surface area contributed by atoms with Crippen molar-refractivity contribution in [3.8, 4) is 23.1 Å². The van der Waals surface area contributed by atoms with Gasteiger partial charge in [0.15, 0.2) is 17.3 Å². The van der Waals surface area contributed by atoms with Crippen molar-refractivity contribution < 1.29 is 23.7 Å². The summed E-state index contributed by atoms with van der Waals surface area (Å²) in [5.41, 5.74) is 1.89. The fraction of sp³-hybridized carbons (Fsp3) is 0.333. The largest absolute Gasteiger partial charge is 0.493 e. The van der Waals surface area contributed by atoms with Gasteiger partial charge in [-0.1, -0.05) is 11.6 Å². The van der Waals surface area contributed by atoms with Crippen LogP contribution in [0, 0.1) is 13.8 Å². The number of carbonyl (C=O) groups excluding carboxylic acids is 1. The second kappa shape index (κ2) is 7.61. The Kier molecular flexibility index (Phi) is 5.74. The molecule has 0 spiro atoms. The van der Waals surface area contributed by atoms with Crippen LogP contribution >= 0.6 is 11.6 Å². The molecule has 2 rings (SSSR count). The zero-order chi connectivity index (χ0) is 18.7. The molecule has 0 radical (unpaired) electrons. The second-order valence-electron chi connectivity index (χ2n) is 5.26. The number of aromatic nitrogens is 1. The molecule has 1 aromatic carbocycles. The Morgan fingerprint density at radius 2 is 1.60 bits per heavy atom. The number of rotatable bonds is 6. The van der Waals surface area contributed by atoms with Gasteiger partial charge in [-0.15, -0.1) is 0 Å². The normalized spacial score (nSPS) is 10.4. The van der Waals surface area contributed by atoms with Crippen LogP contribution in [0.5, 0.6) is 23.1 Å². The molecule has 6 nitrogen and oxygen atoms in total. The van der Waals surface area contributed by atoms with E-state index >= 15 is 0 Å². The Labute approximate surface area is 151 Å². The van der Waals surface area contributed by atoms with Crippen LogP contribution in [0.15, 0.2) is 12.3 Å². The van der Waals surface area contributed by atoms with Crippen LogP contribution in [0.3, 0.4) is 0 Å². The molecule has 0 aliphatic carbocycles. The van der Waals surface area contributed by atoms with Gasteiger partial charge < -0.3 is 18.9 Å². The smallest absolute Gasteiger partial charge is 0.224 e. The lowest BCUT2D eigenvalue weighted by atomic mass is 9.95. The van der Waals surface area contributed by atoms with Gasteiger partial charge in [-0.3, -0.25) is 4.79 Å². The third kappa shape index (κ3) is 3.22. The third-order valence-electron chi connectivity index (χ3n) is 3.99. The van der Waals surface area contributed by atoms with Gasteiger partial charge in [0, 0.05) is 17.3 Å². The van der Waals surface area contributed by atoms with Crippen molar-refractivity contribution in [1.82, 2.24) is 4.98 Å². The van der Waals surface area contributed by atoms with E-state index in [0.717, 1.165) is 0 Å². The molecule has 25 heavy (non-hydrogen) atoms. The summed E-state index contributed by atoms with van der Waals surface area (Å²) in [6.45, 7) is 3.51. The molecule has 0 amide bonds. The maximum Gasteiger partial charge on any atom is 0.224 e. The topological polar surface area (TPSA) is 66.9 Å². The molecular weight excluding hydrogens is 346 g/mol. The Hall–Kier alpha value is -2.47. The summed E-state index contributed by atoms with van der Waals surface area (Å²) in [5, 5.41) is 0.384. The van der Waals surface area contributed by atoms with E-state index in [2.05, 4.69) is 4.98 Å². The number of hydrogen-bond donors (Lipinski definition) is 0. The summed E-state index contributed by atoms with van der Waals surface area (Å²) in [4.78, 5) is 17.3. The van der Waals surface area contributed by atoms with Crippen LogP contribution in [0.25, 0.3) is 0 Å². The first-order chi connectivity index (χ1) is 11.9. The lowest BCUT2D eigenvalue weighted by molar-refractivity contribution is 0.103. The van der Waals surface area contributed by atoms with Gasteiger partial charge in [0.2, 0.25) is 11.6 Å².